The average Bonchev–Trinajstić information content (AvgIpc) is 3.48. The normalized spacial score (nSPS) is 31.2. The van der Waals surface area contributed by atoms with Crippen molar-refractivity contribution in [2.75, 3.05) is 19.6 Å². The molecule has 1 spiro atoms. The molecule has 2 aliphatic carbocycles. The summed E-state index contributed by atoms with van der Waals surface area (Å²) in [5.41, 5.74) is 2.56. The molecule has 1 amide bonds. The van der Waals surface area contributed by atoms with Gasteiger partial charge in [0.15, 0.2) is 4.47 Å². The molecule has 7 heteroatoms. The Bertz CT molecular complexity index is 1020. The lowest BCUT2D eigenvalue weighted by Gasteiger charge is -2.47. The highest BCUT2D eigenvalue weighted by molar-refractivity contribution is 7.16. The molecule has 1 aromatic carbocycles. The first-order valence-electron chi connectivity index (χ1n) is 13.5. The van der Waals surface area contributed by atoms with Crippen molar-refractivity contribution in [2.24, 2.45) is 11.8 Å². The molecule has 2 aliphatic heterocycles. The summed E-state index contributed by atoms with van der Waals surface area (Å²) >= 11 is 8.03. The second-order valence-corrected chi connectivity index (χ2v) is 12.7. The van der Waals surface area contributed by atoms with E-state index in [1.165, 1.54) is 48.2 Å². The molecule has 1 saturated carbocycles. The SMILES string of the molecule is O=C(C1C[NH2+]C[C@]12CCCc1nc(Cl)sc12)N1CC[C@@H](c2ccccc2)C[C@H]1C1CCCCC1.[Cl-]. The van der Waals surface area contributed by atoms with Gasteiger partial charge in [-0.05, 0) is 62.3 Å². The predicted octanol–water partition coefficient (Wildman–Crippen LogP) is 1.92. The number of carbonyl (C=O) groups excluding carboxylic acids is 1. The van der Waals surface area contributed by atoms with Crippen molar-refractivity contribution in [2.45, 2.75) is 81.6 Å². The molecule has 4 nitrogen and oxygen atoms in total. The Hall–Kier alpha value is -1.14. The molecular weight excluding hydrogens is 497 g/mol. The van der Waals surface area contributed by atoms with Crippen LogP contribution in [0.2, 0.25) is 4.47 Å². The van der Waals surface area contributed by atoms with Crippen molar-refractivity contribution in [3.05, 3.63) is 50.9 Å². The number of carbonyl (C=O) groups is 1. The van der Waals surface area contributed by atoms with Gasteiger partial charge in [0, 0.05) is 17.5 Å². The molecule has 3 heterocycles. The predicted molar refractivity (Wildman–Crippen MR) is 137 cm³/mol. The highest BCUT2D eigenvalue weighted by Gasteiger charge is 2.56. The number of benzene rings is 1. The summed E-state index contributed by atoms with van der Waals surface area (Å²) in [6.07, 6.45) is 12.0. The minimum atomic E-state index is -0.0666. The third kappa shape index (κ3) is 4.67. The van der Waals surface area contributed by atoms with Crippen LogP contribution in [-0.2, 0) is 16.6 Å². The quantitative estimate of drug-likeness (QED) is 0.655. The Morgan fingerprint density at radius 1 is 1.11 bits per heavy atom. The summed E-state index contributed by atoms with van der Waals surface area (Å²) in [6, 6.07) is 11.4. The molecule has 4 atom stereocenters. The van der Waals surface area contributed by atoms with Gasteiger partial charge in [-0.25, -0.2) is 4.98 Å². The standard InChI is InChI=1S/C28H36ClN3OS.ClH/c29-27-31-23-12-7-14-28(25(23)34-27)18-30-17-22(28)26(33)32-15-13-21(19-8-3-1-4-9-19)16-24(32)20-10-5-2-6-11-20;/h1,3-4,8-9,20-22,24,30H,2,5-7,10-18H2;1H/t21-,22?,24+,28-;/m1./s1. The highest BCUT2D eigenvalue weighted by atomic mass is 35.5. The minimum absolute atomic E-state index is 0. The van der Waals surface area contributed by atoms with Crippen LogP contribution in [-0.4, -0.2) is 41.5 Å². The molecule has 2 N–H and O–H groups in total. The van der Waals surface area contributed by atoms with Crippen molar-refractivity contribution in [3.8, 4) is 0 Å². The summed E-state index contributed by atoms with van der Waals surface area (Å²) in [4.78, 5) is 22.8. The molecule has 35 heavy (non-hydrogen) atoms. The van der Waals surface area contributed by atoms with Gasteiger partial charge >= 0.3 is 0 Å². The summed E-state index contributed by atoms with van der Waals surface area (Å²) in [6.45, 7) is 2.82. The molecule has 2 saturated heterocycles. The highest BCUT2D eigenvalue weighted by Crippen LogP contribution is 2.48. The number of aryl methyl sites for hydroxylation is 1. The number of hydrogen-bond donors (Lipinski definition) is 1. The second kappa shape index (κ2) is 10.7. The van der Waals surface area contributed by atoms with Crippen LogP contribution in [0.25, 0.3) is 0 Å². The van der Waals surface area contributed by atoms with Gasteiger partial charge in [-0.1, -0.05) is 61.2 Å². The third-order valence-electron chi connectivity index (χ3n) is 9.43. The molecule has 190 valence electrons. The zero-order valence-corrected chi connectivity index (χ0v) is 22.8. The summed E-state index contributed by atoms with van der Waals surface area (Å²) < 4.78 is 0.646. The van der Waals surface area contributed by atoms with Crippen molar-refractivity contribution in [1.29, 1.82) is 0 Å². The van der Waals surface area contributed by atoms with E-state index in [0.717, 1.165) is 51.7 Å². The lowest BCUT2D eigenvalue weighted by molar-refractivity contribution is -0.640. The molecule has 4 aliphatic rings. The van der Waals surface area contributed by atoms with Crippen LogP contribution in [0.3, 0.4) is 0 Å². The maximum absolute atomic E-state index is 14.4. The van der Waals surface area contributed by atoms with Crippen LogP contribution >= 0.6 is 22.9 Å². The number of nitrogens with zero attached hydrogens (tertiary/aromatic N) is 2. The number of fused-ring (bicyclic) bond motifs is 2. The van der Waals surface area contributed by atoms with Crippen LogP contribution in [0.15, 0.2) is 30.3 Å². The number of amides is 1. The van der Waals surface area contributed by atoms with Crippen molar-refractivity contribution in [1.82, 2.24) is 9.88 Å². The molecule has 6 rings (SSSR count). The number of rotatable bonds is 3. The largest absolute Gasteiger partial charge is 1.00 e. The number of hydrogen-bond acceptors (Lipinski definition) is 3. The molecule has 1 unspecified atom stereocenters. The van der Waals surface area contributed by atoms with Gasteiger partial charge in [-0.2, -0.15) is 0 Å². The van der Waals surface area contributed by atoms with Gasteiger partial charge in [-0.15, -0.1) is 11.3 Å². The molecule has 0 bridgehead atoms. The van der Waals surface area contributed by atoms with Gasteiger partial charge < -0.3 is 22.6 Å². The number of piperidine rings is 1. The Balaban J connectivity index is 0.00000253. The first-order valence-corrected chi connectivity index (χ1v) is 14.7. The first-order chi connectivity index (χ1) is 16.7. The first kappa shape index (κ1) is 25.5. The van der Waals surface area contributed by atoms with E-state index in [0.29, 0.717) is 28.3 Å². The molecule has 3 fully saturated rings. The molecule has 2 aromatic rings. The molecular formula is C28H37Cl2N3OS. The topological polar surface area (TPSA) is 49.8 Å². The number of quaternary nitrogens is 1. The van der Waals surface area contributed by atoms with Crippen LogP contribution in [0.1, 0.15) is 79.8 Å². The third-order valence-corrected chi connectivity index (χ3v) is 10.9. The number of halogens is 2. The smallest absolute Gasteiger partial charge is 0.232 e. The van der Waals surface area contributed by atoms with E-state index in [4.69, 9.17) is 11.6 Å². The van der Waals surface area contributed by atoms with E-state index in [-0.39, 0.29) is 23.7 Å². The van der Waals surface area contributed by atoms with Gasteiger partial charge in [-0.3, -0.25) is 4.79 Å². The van der Waals surface area contributed by atoms with E-state index < -0.39 is 0 Å². The molecule has 1 aromatic heterocycles. The fourth-order valence-electron chi connectivity index (χ4n) is 7.77. The Morgan fingerprint density at radius 3 is 2.71 bits per heavy atom. The minimum Gasteiger partial charge on any atom is -1.00 e. The number of nitrogens with two attached hydrogens (primary N) is 1. The fraction of sp³-hybridized carbons (Fsp3) is 0.643. The van der Waals surface area contributed by atoms with E-state index in [1.807, 2.05) is 0 Å². The number of aromatic nitrogens is 1. The monoisotopic (exact) mass is 533 g/mol. The Labute approximate surface area is 224 Å². The number of thiazole rings is 1. The number of likely N-dealkylation sites (tertiary alicyclic amines) is 1. The van der Waals surface area contributed by atoms with Gasteiger partial charge in [0.05, 0.1) is 24.2 Å². The average molecular weight is 535 g/mol. The van der Waals surface area contributed by atoms with Crippen LogP contribution in [0, 0.1) is 11.8 Å². The van der Waals surface area contributed by atoms with Crippen molar-refractivity contribution in [3.63, 3.8) is 0 Å². The lowest BCUT2D eigenvalue weighted by Crippen LogP contribution is -3.00. The van der Waals surface area contributed by atoms with Crippen molar-refractivity contribution < 1.29 is 22.5 Å². The zero-order valence-electron chi connectivity index (χ0n) is 20.4. The van der Waals surface area contributed by atoms with E-state index in [1.54, 1.807) is 11.3 Å². The molecule has 0 radical (unpaired) electrons. The van der Waals surface area contributed by atoms with E-state index in [9.17, 15) is 4.79 Å². The van der Waals surface area contributed by atoms with Crippen LogP contribution in [0.5, 0.6) is 0 Å². The maximum Gasteiger partial charge on any atom is 0.232 e. The van der Waals surface area contributed by atoms with E-state index in [2.05, 4.69) is 45.5 Å². The van der Waals surface area contributed by atoms with Crippen LogP contribution < -0.4 is 17.7 Å². The van der Waals surface area contributed by atoms with Gasteiger partial charge in [0.1, 0.15) is 5.92 Å². The van der Waals surface area contributed by atoms with Gasteiger partial charge in [0.25, 0.3) is 0 Å². The summed E-state index contributed by atoms with van der Waals surface area (Å²) in [5.74, 6) is 1.71. The summed E-state index contributed by atoms with van der Waals surface area (Å²) in [7, 11) is 0. The maximum atomic E-state index is 14.4. The Kier molecular flexibility index (Phi) is 7.79. The zero-order chi connectivity index (χ0) is 23.1. The van der Waals surface area contributed by atoms with E-state index >= 15 is 0 Å². The Morgan fingerprint density at radius 2 is 1.91 bits per heavy atom. The summed E-state index contributed by atoms with van der Waals surface area (Å²) in [5, 5.41) is 2.39. The van der Waals surface area contributed by atoms with Gasteiger partial charge in [0.2, 0.25) is 5.91 Å². The fourth-order valence-corrected chi connectivity index (χ4v) is 9.23. The van der Waals surface area contributed by atoms with Crippen molar-refractivity contribution >= 4 is 28.8 Å². The second-order valence-electron chi connectivity index (χ2n) is 11.2. The lowest BCUT2D eigenvalue weighted by atomic mass is 9.68. The van der Waals surface area contributed by atoms with Crippen LogP contribution in [0.4, 0.5) is 0 Å².